The van der Waals surface area contributed by atoms with Gasteiger partial charge in [0.2, 0.25) is 0 Å². The Labute approximate surface area is 103 Å². The van der Waals surface area contributed by atoms with Crippen molar-refractivity contribution in [2.75, 3.05) is 0 Å². The number of hydrogen-bond acceptors (Lipinski definition) is 2. The second-order valence-corrected chi connectivity index (χ2v) is 3.97. The lowest BCUT2D eigenvalue weighted by molar-refractivity contribution is 0.0988. The molecule has 4 heteroatoms. The van der Waals surface area contributed by atoms with Crippen LogP contribution in [-0.2, 0) is 6.42 Å². The lowest BCUT2D eigenvalue weighted by Crippen LogP contribution is -2.05. The van der Waals surface area contributed by atoms with Crippen LogP contribution in [0, 0.1) is 5.82 Å². The summed E-state index contributed by atoms with van der Waals surface area (Å²) >= 11 is 5.56. The maximum Gasteiger partial charge on any atom is 0.185 e. The molecule has 17 heavy (non-hydrogen) atoms. The Hall–Kier alpha value is -1.74. The molecule has 2 aromatic rings. The highest BCUT2D eigenvalue weighted by Crippen LogP contribution is 2.16. The van der Waals surface area contributed by atoms with Crippen LogP contribution in [0.4, 0.5) is 4.39 Å². The summed E-state index contributed by atoms with van der Waals surface area (Å²) in [7, 11) is 0. The highest BCUT2D eigenvalue weighted by molar-refractivity contribution is 6.30. The van der Waals surface area contributed by atoms with Crippen molar-refractivity contribution in [3.63, 3.8) is 0 Å². The highest BCUT2D eigenvalue weighted by atomic mass is 35.5. The van der Waals surface area contributed by atoms with Crippen LogP contribution < -0.4 is 0 Å². The fourth-order valence-electron chi connectivity index (χ4n) is 1.45. The van der Waals surface area contributed by atoms with Crippen LogP contribution >= 0.6 is 11.6 Å². The van der Waals surface area contributed by atoms with E-state index in [4.69, 9.17) is 11.6 Å². The number of rotatable bonds is 3. The first kappa shape index (κ1) is 11.7. The number of carbonyl (C=O) groups excluding carboxylic acids is 1. The molecule has 0 amide bonds. The molecular formula is C13H9ClFNO. The summed E-state index contributed by atoms with van der Waals surface area (Å²) in [6.07, 6.45) is 1.67. The van der Waals surface area contributed by atoms with E-state index < -0.39 is 5.82 Å². The highest BCUT2D eigenvalue weighted by Gasteiger charge is 2.09. The van der Waals surface area contributed by atoms with Crippen LogP contribution in [0.5, 0.6) is 0 Å². The minimum absolute atomic E-state index is 0.0547. The van der Waals surface area contributed by atoms with Crippen LogP contribution in [0.25, 0.3) is 0 Å². The number of aromatic nitrogens is 1. The summed E-state index contributed by atoms with van der Waals surface area (Å²) < 4.78 is 13.2. The van der Waals surface area contributed by atoms with Gasteiger partial charge in [-0.1, -0.05) is 23.7 Å². The molecule has 2 rings (SSSR count). The molecular weight excluding hydrogens is 241 g/mol. The molecule has 0 saturated heterocycles. The average molecular weight is 250 g/mol. The van der Waals surface area contributed by atoms with Gasteiger partial charge in [0.25, 0.3) is 0 Å². The Morgan fingerprint density at radius 1 is 1.29 bits per heavy atom. The minimum Gasteiger partial charge on any atom is -0.292 e. The topological polar surface area (TPSA) is 30.0 Å². The van der Waals surface area contributed by atoms with E-state index in [2.05, 4.69) is 4.98 Å². The Morgan fingerprint density at radius 2 is 2.12 bits per heavy atom. The number of halogens is 2. The molecule has 0 unspecified atom stereocenters. The Balaban J connectivity index is 2.16. The van der Waals surface area contributed by atoms with Crippen molar-refractivity contribution in [3.05, 3.63) is 64.7 Å². The first-order chi connectivity index (χ1) is 8.16. The molecule has 0 aliphatic carbocycles. The Bertz CT molecular complexity index is 542. The van der Waals surface area contributed by atoms with Gasteiger partial charge < -0.3 is 0 Å². The van der Waals surface area contributed by atoms with Gasteiger partial charge in [-0.25, -0.2) is 4.39 Å². The van der Waals surface area contributed by atoms with Crippen molar-refractivity contribution in [1.29, 1.82) is 0 Å². The quantitative estimate of drug-likeness (QED) is 0.782. The number of hydrogen-bond donors (Lipinski definition) is 0. The van der Waals surface area contributed by atoms with E-state index in [1.807, 2.05) is 0 Å². The zero-order chi connectivity index (χ0) is 12.3. The molecule has 0 atom stereocenters. The van der Waals surface area contributed by atoms with Gasteiger partial charge in [0, 0.05) is 12.6 Å². The third-order valence-electron chi connectivity index (χ3n) is 2.30. The van der Waals surface area contributed by atoms with Gasteiger partial charge in [0.05, 0.1) is 5.02 Å². The van der Waals surface area contributed by atoms with E-state index in [0.717, 1.165) is 0 Å². The smallest absolute Gasteiger partial charge is 0.185 e. The normalized spacial score (nSPS) is 10.2. The minimum atomic E-state index is -0.516. The largest absolute Gasteiger partial charge is 0.292 e. The molecule has 1 heterocycles. The van der Waals surface area contributed by atoms with Gasteiger partial charge in [0.1, 0.15) is 11.5 Å². The van der Waals surface area contributed by atoms with Crippen LogP contribution in [0.15, 0.2) is 42.6 Å². The van der Waals surface area contributed by atoms with Crippen molar-refractivity contribution in [2.24, 2.45) is 0 Å². The molecule has 0 spiro atoms. The van der Waals surface area contributed by atoms with Gasteiger partial charge in [-0.05, 0) is 29.8 Å². The maximum atomic E-state index is 13.2. The molecule has 0 fully saturated rings. The predicted octanol–water partition coefficient (Wildman–Crippen LogP) is 3.30. The van der Waals surface area contributed by atoms with E-state index in [-0.39, 0.29) is 17.2 Å². The lowest BCUT2D eigenvalue weighted by atomic mass is 10.1. The fourth-order valence-corrected chi connectivity index (χ4v) is 1.57. The monoisotopic (exact) mass is 249 g/mol. The standard InChI is InChI=1S/C13H9ClFNO/c14-10-5-4-9(7-11(10)15)8-13(17)12-3-1-2-6-16-12/h1-7H,8H2. The molecule has 0 bridgehead atoms. The van der Waals surface area contributed by atoms with E-state index in [9.17, 15) is 9.18 Å². The van der Waals surface area contributed by atoms with Gasteiger partial charge in [0.15, 0.2) is 5.78 Å². The number of carbonyl (C=O) groups is 1. The van der Waals surface area contributed by atoms with Crippen molar-refractivity contribution >= 4 is 17.4 Å². The summed E-state index contributed by atoms with van der Waals surface area (Å²) in [5.41, 5.74) is 0.963. The number of Topliss-reactive ketones (excluding diaryl/α,β-unsaturated/α-hetero) is 1. The van der Waals surface area contributed by atoms with Gasteiger partial charge in [-0.2, -0.15) is 0 Å². The number of nitrogens with zero attached hydrogens (tertiary/aromatic N) is 1. The zero-order valence-electron chi connectivity index (χ0n) is 8.86. The van der Waals surface area contributed by atoms with Gasteiger partial charge >= 0.3 is 0 Å². The van der Waals surface area contributed by atoms with Crippen molar-refractivity contribution < 1.29 is 9.18 Å². The molecule has 2 nitrogen and oxygen atoms in total. The maximum absolute atomic E-state index is 13.2. The molecule has 0 aliphatic heterocycles. The number of benzene rings is 1. The van der Waals surface area contributed by atoms with Crippen LogP contribution in [0.1, 0.15) is 16.1 Å². The summed E-state index contributed by atoms with van der Waals surface area (Å²) in [6, 6.07) is 9.45. The first-order valence-corrected chi connectivity index (χ1v) is 5.43. The molecule has 1 aromatic heterocycles. The third kappa shape index (κ3) is 2.88. The molecule has 0 saturated carbocycles. The summed E-state index contributed by atoms with van der Waals surface area (Å²) in [4.78, 5) is 15.7. The molecule has 86 valence electrons. The molecule has 0 radical (unpaired) electrons. The van der Waals surface area contributed by atoms with E-state index in [1.165, 1.54) is 12.1 Å². The average Bonchev–Trinajstić information content (AvgIpc) is 2.35. The van der Waals surface area contributed by atoms with Crippen LogP contribution in [-0.4, -0.2) is 10.8 Å². The Kier molecular flexibility index (Phi) is 3.49. The Morgan fingerprint density at radius 3 is 2.76 bits per heavy atom. The van der Waals surface area contributed by atoms with Crippen molar-refractivity contribution in [1.82, 2.24) is 4.98 Å². The van der Waals surface area contributed by atoms with E-state index >= 15 is 0 Å². The number of pyridine rings is 1. The zero-order valence-corrected chi connectivity index (χ0v) is 9.62. The molecule has 0 aliphatic rings. The fraction of sp³-hybridized carbons (Fsp3) is 0.0769. The summed E-state index contributed by atoms with van der Waals surface area (Å²) in [6.45, 7) is 0. The second kappa shape index (κ2) is 5.06. The predicted molar refractivity (Wildman–Crippen MR) is 63.7 cm³/mol. The molecule has 1 aromatic carbocycles. The SMILES string of the molecule is O=C(Cc1ccc(Cl)c(F)c1)c1ccccn1. The van der Waals surface area contributed by atoms with E-state index in [1.54, 1.807) is 30.5 Å². The number of ketones is 1. The summed E-state index contributed by atoms with van der Waals surface area (Å²) in [5.74, 6) is -0.662. The van der Waals surface area contributed by atoms with E-state index in [0.29, 0.717) is 11.3 Å². The lowest BCUT2D eigenvalue weighted by Gasteiger charge is -2.02. The summed E-state index contributed by atoms with van der Waals surface area (Å²) in [5, 5.41) is 0.0547. The van der Waals surface area contributed by atoms with Crippen LogP contribution in [0.3, 0.4) is 0 Å². The van der Waals surface area contributed by atoms with Crippen molar-refractivity contribution in [3.8, 4) is 0 Å². The molecule has 0 N–H and O–H groups in total. The van der Waals surface area contributed by atoms with Gasteiger partial charge in [-0.15, -0.1) is 0 Å². The third-order valence-corrected chi connectivity index (χ3v) is 2.61. The van der Waals surface area contributed by atoms with Crippen LogP contribution in [0.2, 0.25) is 5.02 Å². The second-order valence-electron chi connectivity index (χ2n) is 3.56. The van der Waals surface area contributed by atoms with Crippen molar-refractivity contribution in [2.45, 2.75) is 6.42 Å². The van der Waals surface area contributed by atoms with Gasteiger partial charge in [-0.3, -0.25) is 9.78 Å². The first-order valence-electron chi connectivity index (χ1n) is 5.05.